The molecule has 1 fully saturated rings. The minimum Gasteiger partial charge on any atom is -0.507 e. The Labute approximate surface area is 211 Å². The van der Waals surface area contributed by atoms with Crippen molar-refractivity contribution < 1.29 is 32.6 Å². The number of carbonyl (C=O) groups excluding carboxylic acids is 2. The first-order valence-electron chi connectivity index (χ1n) is 11.6. The summed E-state index contributed by atoms with van der Waals surface area (Å²) in [5, 5.41) is 11.4. The number of ether oxygens (including phenoxy) is 1. The van der Waals surface area contributed by atoms with Gasteiger partial charge in [0, 0.05) is 18.3 Å². The maximum atomic E-state index is 13.4. The van der Waals surface area contributed by atoms with Crippen molar-refractivity contribution in [3.05, 3.63) is 94.6 Å². The Balaban J connectivity index is 1.68. The average molecular weight is 508 g/mol. The van der Waals surface area contributed by atoms with Gasteiger partial charge >= 0.3 is 6.18 Å². The quantitative estimate of drug-likeness (QED) is 0.289. The van der Waals surface area contributed by atoms with Crippen LogP contribution in [0.3, 0.4) is 0 Å². The molecular formula is C28H23F3N2O4. The zero-order chi connectivity index (χ0) is 26.5. The highest BCUT2D eigenvalue weighted by atomic mass is 19.4. The van der Waals surface area contributed by atoms with Gasteiger partial charge in [0.2, 0.25) is 0 Å². The molecule has 5 rings (SSSR count). The molecule has 1 unspecified atom stereocenters. The molecule has 0 spiro atoms. The maximum absolute atomic E-state index is 13.4. The summed E-state index contributed by atoms with van der Waals surface area (Å²) in [6, 6.07) is 15.0. The first-order chi connectivity index (χ1) is 17.6. The highest BCUT2D eigenvalue weighted by Crippen LogP contribution is 2.44. The third-order valence-electron chi connectivity index (χ3n) is 6.73. The Hall–Kier alpha value is -4.27. The summed E-state index contributed by atoms with van der Waals surface area (Å²) in [4.78, 5) is 29.7. The van der Waals surface area contributed by atoms with E-state index >= 15 is 0 Å². The molecule has 3 aromatic carbocycles. The van der Waals surface area contributed by atoms with E-state index in [2.05, 4.69) is 0 Å². The number of aliphatic hydroxyl groups excluding tert-OH is 1. The summed E-state index contributed by atoms with van der Waals surface area (Å²) in [6.45, 7) is 2.95. The van der Waals surface area contributed by atoms with Gasteiger partial charge in [0.25, 0.3) is 11.7 Å². The molecule has 2 heterocycles. The van der Waals surface area contributed by atoms with E-state index in [1.54, 1.807) is 49.4 Å². The number of carbonyl (C=O) groups is 2. The van der Waals surface area contributed by atoms with E-state index in [4.69, 9.17) is 4.74 Å². The fraction of sp³-hybridized carbons (Fsp3) is 0.214. The predicted molar refractivity (Wildman–Crippen MR) is 133 cm³/mol. The molecule has 0 bridgehead atoms. The van der Waals surface area contributed by atoms with Crippen LogP contribution < -0.4 is 14.5 Å². The number of anilines is 2. The molecule has 37 heavy (non-hydrogen) atoms. The number of fused-ring (bicyclic) bond motifs is 1. The highest BCUT2D eigenvalue weighted by Gasteiger charge is 2.47. The number of benzene rings is 3. The smallest absolute Gasteiger partial charge is 0.416 e. The van der Waals surface area contributed by atoms with Gasteiger partial charge < -0.3 is 14.7 Å². The molecule has 1 saturated heterocycles. The SMILES string of the molecule is Cc1ccccc1C1/C(=C(\O)c2ccc3c(c2)N(C)CCO3)C(=O)C(=O)N1c1ccc(C(F)(F)F)cc1. The van der Waals surface area contributed by atoms with Crippen LogP contribution in [-0.4, -0.2) is 37.0 Å². The lowest BCUT2D eigenvalue weighted by molar-refractivity contribution is -0.137. The Bertz CT molecular complexity index is 1430. The Morgan fingerprint density at radius 1 is 1.03 bits per heavy atom. The lowest BCUT2D eigenvalue weighted by atomic mass is 9.92. The predicted octanol–water partition coefficient (Wildman–Crippen LogP) is 5.47. The van der Waals surface area contributed by atoms with Crippen molar-refractivity contribution in [3.63, 3.8) is 0 Å². The first-order valence-corrected chi connectivity index (χ1v) is 11.6. The average Bonchev–Trinajstić information content (AvgIpc) is 3.13. The summed E-state index contributed by atoms with van der Waals surface area (Å²) < 4.78 is 45.1. The molecule has 2 aliphatic rings. The van der Waals surface area contributed by atoms with Crippen LogP contribution in [0, 0.1) is 6.92 Å². The summed E-state index contributed by atoms with van der Waals surface area (Å²) >= 11 is 0. The van der Waals surface area contributed by atoms with Gasteiger partial charge in [-0.05, 0) is 60.5 Å². The molecule has 1 atom stereocenters. The fourth-order valence-electron chi connectivity index (χ4n) is 4.75. The van der Waals surface area contributed by atoms with E-state index in [0.717, 1.165) is 40.4 Å². The number of amides is 1. The lowest BCUT2D eigenvalue weighted by Crippen LogP contribution is -2.29. The summed E-state index contributed by atoms with van der Waals surface area (Å²) in [6.07, 6.45) is -4.55. The molecule has 2 aliphatic heterocycles. The van der Waals surface area contributed by atoms with Crippen LogP contribution in [0.25, 0.3) is 5.76 Å². The van der Waals surface area contributed by atoms with Crippen molar-refractivity contribution in [2.75, 3.05) is 30.0 Å². The number of Topliss-reactive ketones (excluding diaryl/α,β-unsaturated/α-hetero) is 1. The largest absolute Gasteiger partial charge is 0.507 e. The summed E-state index contributed by atoms with van der Waals surface area (Å²) in [5.74, 6) is -1.60. The van der Waals surface area contributed by atoms with Crippen molar-refractivity contribution in [1.82, 2.24) is 0 Å². The van der Waals surface area contributed by atoms with E-state index in [1.165, 1.54) is 0 Å². The monoisotopic (exact) mass is 508 g/mol. The van der Waals surface area contributed by atoms with Gasteiger partial charge in [-0.3, -0.25) is 14.5 Å². The van der Waals surface area contributed by atoms with Crippen molar-refractivity contribution in [3.8, 4) is 5.75 Å². The van der Waals surface area contributed by atoms with Gasteiger partial charge in [0.1, 0.15) is 18.1 Å². The number of likely N-dealkylation sites (N-methyl/N-ethyl adjacent to an activating group) is 1. The maximum Gasteiger partial charge on any atom is 0.416 e. The topological polar surface area (TPSA) is 70.1 Å². The number of nitrogens with zero attached hydrogens (tertiary/aromatic N) is 2. The molecule has 3 aromatic rings. The third-order valence-corrected chi connectivity index (χ3v) is 6.73. The molecule has 0 radical (unpaired) electrons. The second-order valence-corrected chi connectivity index (χ2v) is 9.02. The second-order valence-electron chi connectivity index (χ2n) is 9.02. The number of hydrogen-bond donors (Lipinski definition) is 1. The Kier molecular flexibility index (Phi) is 5.94. The third kappa shape index (κ3) is 4.20. The molecular weight excluding hydrogens is 485 g/mol. The van der Waals surface area contributed by atoms with Crippen LogP contribution in [0.2, 0.25) is 0 Å². The first kappa shape index (κ1) is 24.4. The van der Waals surface area contributed by atoms with E-state index < -0.39 is 29.5 Å². The lowest BCUT2D eigenvalue weighted by Gasteiger charge is -2.28. The van der Waals surface area contributed by atoms with Crippen LogP contribution in [0.5, 0.6) is 5.75 Å². The van der Waals surface area contributed by atoms with E-state index in [1.807, 2.05) is 11.9 Å². The number of halogens is 3. The number of ketones is 1. The zero-order valence-corrected chi connectivity index (χ0v) is 20.0. The van der Waals surface area contributed by atoms with Crippen molar-refractivity contribution in [2.45, 2.75) is 19.1 Å². The number of rotatable bonds is 3. The van der Waals surface area contributed by atoms with E-state index in [0.29, 0.717) is 30.0 Å². The van der Waals surface area contributed by atoms with Gasteiger partial charge in [-0.15, -0.1) is 0 Å². The molecule has 0 aromatic heterocycles. The molecule has 9 heteroatoms. The van der Waals surface area contributed by atoms with Gasteiger partial charge in [-0.1, -0.05) is 24.3 Å². The molecule has 190 valence electrons. The number of aryl methyl sites for hydroxylation is 1. The number of aliphatic hydroxyl groups is 1. The normalized spacial score (nSPS) is 19.1. The van der Waals surface area contributed by atoms with Crippen molar-refractivity contribution in [2.24, 2.45) is 0 Å². The standard InChI is InChI=1S/C28H23F3N2O4/c1-16-5-3-4-6-20(16)24-23(25(34)17-7-12-22-21(15-17)32(2)13-14-37-22)26(35)27(36)33(24)19-10-8-18(9-11-19)28(29,30)31/h3-12,15,24,34H,13-14H2,1-2H3/b25-23+. The van der Waals surface area contributed by atoms with Gasteiger partial charge in [0.05, 0.1) is 29.4 Å². The molecule has 6 nitrogen and oxygen atoms in total. The van der Waals surface area contributed by atoms with Crippen LogP contribution in [0.1, 0.15) is 28.3 Å². The highest BCUT2D eigenvalue weighted by molar-refractivity contribution is 6.51. The molecule has 0 aliphatic carbocycles. The Morgan fingerprint density at radius 2 is 1.73 bits per heavy atom. The molecule has 0 saturated carbocycles. The van der Waals surface area contributed by atoms with Crippen LogP contribution in [-0.2, 0) is 15.8 Å². The van der Waals surface area contributed by atoms with Crippen LogP contribution in [0.4, 0.5) is 24.5 Å². The minimum absolute atomic E-state index is 0.112. The zero-order valence-electron chi connectivity index (χ0n) is 20.0. The van der Waals surface area contributed by atoms with Gasteiger partial charge in [0.15, 0.2) is 0 Å². The van der Waals surface area contributed by atoms with E-state index in [9.17, 15) is 27.9 Å². The summed E-state index contributed by atoms with van der Waals surface area (Å²) in [5.41, 5.74) is 1.46. The van der Waals surface area contributed by atoms with Crippen LogP contribution in [0.15, 0.2) is 72.3 Å². The summed E-state index contributed by atoms with van der Waals surface area (Å²) in [7, 11) is 1.88. The Morgan fingerprint density at radius 3 is 2.41 bits per heavy atom. The second kappa shape index (κ2) is 8.99. The minimum atomic E-state index is -4.55. The van der Waals surface area contributed by atoms with Crippen LogP contribution >= 0.6 is 0 Å². The number of hydrogen-bond acceptors (Lipinski definition) is 5. The molecule has 1 amide bonds. The number of alkyl halides is 3. The van der Waals surface area contributed by atoms with E-state index in [-0.39, 0.29) is 17.0 Å². The van der Waals surface area contributed by atoms with Gasteiger partial charge in [-0.25, -0.2) is 0 Å². The van der Waals surface area contributed by atoms with Gasteiger partial charge in [-0.2, -0.15) is 13.2 Å². The molecule has 1 N–H and O–H groups in total. The van der Waals surface area contributed by atoms with Crippen molar-refractivity contribution >= 4 is 28.8 Å². The van der Waals surface area contributed by atoms with Crippen molar-refractivity contribution in [1.29, 1.82) is 0 Å². The fourth-order valence-corrected chi connectivity index (χ4v) is 4.75.